The van der Waals surface area contributed by atoms with Gasteiger partial charge in [0.25, 0.3) is 5.91 Å². The van der Waals surface area contributed by atoms with Gasteiger partial charge in [0.2, 0.25) is 10.0 Å². The van der Waals surface area contributed by atoms with Crippen molar-refractivity contribution < 1.29 is 17.9 Å². The van der Waals surface area contributed by atoms with Gasteiger partial charge in [-0.2, -0.15) is 4.31 Å². The van der Waals surface area contributed by atoms with Gasteiger partial charge in [-0.15, -0.1) is 11.3 Å². The average molecular weight is 506 g/mol. The minimum atomic E-state index is -3.75. The second-order valence-corrected chi connectivity index (χ2v) is 11.1. The Morgan fingerprint density at radius 2 is 1.79 bits per heavy atom. The highest BCUT2D eigenvalue weighted by Crippen LogP contribution is 2.32. The molecule has 2 heterocycles. The van der Waals surface area contributed by atoms with Crippen molar-refractivity contribution in [2.24, 2.45) is 0 Å². The van der Waals surface area contributed by atoms with Crippen LogP contribution in [0.1, 0.15) is 27.0 Å². The van der Waals surface area contributed by atoms with Gasteiger partial charge in [0.05, 0.1) is 34.4 Å². The number of aryl methyl sites for hydroxylation is 3. The molecule has 0 saturated carbocycles. The number of aromatic nitrogens is 1. The number of hydrogen-bond donors (Lipinski definition) is 1. The Labute approximate surface area is 202 Å². The van der Waals surface area contributed by atoms with E-state index in [2.05, 4.69) is 22.4 Å². The number of ether oxygens (including phenoxy) is 1. The van der Waals surface area contributed by atoms with Crippen molar-refractivity contribution in [1.82, 2.24) is 9.29 Å². The fraction of sp³-hybridized carbons (Fsp3) is 0.304. The summed E-state index contributed by atoms with van der Waals surface area (Å²) in [5.74, 6) is -0.516. The van der Waals surface area contributed by atoms with Crippen molar-refractivity contribution in [3.05, 3.63) is 63.0 Å². The molecule has 3 aromatic rings. The van der Waals surface area contributed by atoms with Crippen LogP contribution < -0.4 is 5.32 Å². The monoisotopic (exact) mass is 505 g/mol. The van der Waals surface area contributed by atoms with Crippen molar-refractivity contribution in [3.8, 4) is 11.3 Å². The summed E-state index contributed by atoms with van der Waals surface area (Å²) in [6.45, 7) is 7.34. The van der Waals surface area contributed by atoms with E-state index in [0.29, 0.717) is 18.3 Å². The standard InChI is InChI=1S/C23H24ClN3O4S2/c1-14-10-15(2)21(16(3)11-14)20-13-32-23(25-20)26-22(28)18-12-17(4-5-19(18)24)33(29,30)27-6-8-31-9-7-27/h4-5,10-13H,6-9H2,1-3H3,(H,25,26,28). The van der Waals surface area contributed by atoms with Gasteiger partial charge in [-0.1, -0.05) is 29.3 Å². The maximum atomic E-state index is 13.0. The van der Waals surface area contributed by atoms with Crippen LogP contribution >= 0.6 is 22.9 Å². The molecule has 0 atom stereocenters. The molecule has 174 valence electrons. The number of sulfonamides is 1. The minimum absolute atomic E-state index is 0.0182. The smallest absolute Gasteiger partial charge is 0.259 e. The molecule has 1 aliphatic rings. The summed E-state index contributed by atoms with van der Waals surface area (Å²) in [7, 11) is -3.75. The fourth-order valence-corrected chi connectivity index (χ4v) is 6.30. The van der Waals surface area contributed by atoms with Gasteiger partial charge in [-0.25, -0.2) is 13.4 Å². The molecule has 2 aromatic carbocycles. The molecule has 0 bridgehead atoms. The number of thiazole rings is 1. The lowest BCUT2D eigenvalue weighted by atomic mass is 9.98. The second-order valence-electron chi connectivity index (χ2n) is 7.92. The number of carbonyl (C=O) groups is 1. The summed E-state index contributed by atoms with van der Waals surface area (Å²) in [5, 5.41) is 5.21. The Kier molecular flexibility index (Phi) is 6.88. The molecule has 1 saturated heterocycles. The molecule has 0 aliphatic carbocycles. The van der Waals surface area contributed by atoms with Gasteiger partial charge in [-0.05, 0) is 50.1 Å². The minimum Gasteiger partial charge on any atom is -0.379 e. The molecule has 0 spiro atoms. The van der Waals surface area contributed by atoms with E-state index in [-0.39, 0.29) is 28.6 Å². The van der Waals surface area contributed by atoms with Crippen LogP contribution in [0, 0.1) is 20.8 Å². The number of carbonyl (C=O) groups excluding carboxylic acids is 1. The van der Waals surface area contributed by atoms with Crippen LogP contribution in [0.25, 0.3) is 11.3 Å². The predicted molar refractivity (Wildman–Crippen MR) is 131 cm³/mol. The van der Waals surface area contributed by atoms with Crippen molar-refractivity contribution in [3.63, 3.8) is 0 Å². The van der Waals surface area contributed by atoms with E-state index in [1.807, 2.05) is 26.2 Å². The molecule has 4 rings (SSSR count). The SMILES string of the molecule is Cc1cc(C)c(-c2csc(NC(=O)c3cc(S(=O)(=O)N4CCOCC4)ccc3Cl)n2)c(C)c1. The Hall–Kier alpha value is -2.30. The first-order chi connectivity index (χ1) is 15.7. The number of nitrogens with one attached hydrogen (secondary N) is 1. The molecule has 0 radical (unpaired) electrons. The van der Waals surface area contributed by atoms with Gasteiger partial charge in [0.15, 0.2) is 5.13 Å². The van der Waals surface area contributed by atoms with E-state index in [1.54, 1.807) is 0 Å². The topological polar surface area (TPSA) is 88.6 Å². The lowest BCUT2D eigenvalue weighted by Gasteiger charge is -2.26. The molecule has 1 fully saturated rings. The van der Waals surface area contributed by atoms with Crippen molar-refractivity contribution in [2.75, 3.05) is 31.6 Å². The summed E-state index contributed by atoms with van der Waals surface area (Å²) in [6, 6.07) is 8.34. The third-order valence-electron chi connectivity index (χ3n) is 5.45. The first kappa shape index (κ1) is 23.8. The van der Waals surface area contributed by atoms with Gasteiger partial charge in [-0.3, -0.25) is 10.1 Å². The number of nitrogens with zero attached hydrogens (tertiary/aromatic N) is 2. The fourth-order valence-electron chi connectivity index (χ4n) is 3.97. The van der Waals surface area contributed by atoms with E-state index < -0.39 is 15.9 Å². The molecular formula is C23H24ClN3O4S2. The van der Waals surface area contributed by atoms with Crippen molar-refractivity contribution in [2.45, 2.75) is 25.7 Å². The zero-order valence-corrected chi connectivity index (χ0v) is 20.9. The molecule has 1 amide bonds. The number of amides is 1. The van der Waals surface area contributed by atoms with Gasteiger partial charge >= 0.3 is 0 Å². The molecular weight excluding hydrogens is 482 g/mol. The van der Waals surface area contributed by atoms with E-state index >= 15 is 0 Å². The Bertz CT molecular complexity index is 1290. The maximum absolute atomic E-state index is 13.0. The highest BCUT2D eigenvalue weighted by Gasteiger charge is 2.28. The summed E-state index contributed by atoms with van der Waals surface area (Å²) < 4.78 is 32.5. The van der Waals surface area contributed by atoms with Crippen LogP contribution in [0.5, 0.6) is 0 Å². The number of benzene rings is 2. The maximum Gasteiger partial charge on any atom is 0.259 e. The van der Waals surface area contributed by atoms with Gasteiger partial charge in [0, 0.05) is 24.0 Å². The number of morpholine rings is 1. The third kappa shape index (κ3) is 4.97. The third-order valence-corrected chi connectivity index (χ3v) is 8.43. The van der Waals surface area contributed by atoms with Crippen LogP contribution in [-0.4, -0.2) is 49.9 Å². The number of halogens is 1. The van der Waals surface area contributed by atoms with Crippen molar-refractivity contribution >= 4 is 44.0 Å². The van der Waals surface area contributed by atoms with E-state index in [4.69, 9.17) is 16.3 Å². The second kappa shape index (κ2) is 9.52. The summed E-state index contributed by atoms with van der Waals surface area (Å²) in [4.78, 5) is 17.6. The van der Waals surface area contributed by atoms with Crippen LogP contribution in [-0.2, 0) is 14.8 Å². The average Bonchev–Trinajstić information content (AvgIpc) is 3.21. The highest BCUT2D eigenvalue weighted by molar-refractivity contribution is 7.89. The molecule has 10 heteroatoms. The zero-order valence-electron chi connectivity index (χ0n) is 18.5. The van der Waals surface area contributed by atoms with Crippen LogP contribution in [0.4, 0.5) is 5.13 Å². The summed E-state index contributed by atoms with van der Waals surface area (Å²) in [6.07, 6.45) is 0. The summed E-state index contributed by atoms with van der Waals surface area (Å²) >= 11 is 7.55. The molecule has 1 aliphatic heterocycles. The predicted octanol–water partition coefficient (Wildman–Crippen LogP) is 4.66. The van der Waals surface area contributed by atoms with Crippen LogP contribution in [0.15, 0.2) is 40.6 Å². The molecule has 0 unspecified atom stereocenters. The lowest BCUT2D eigenvalue weighted by molar-refractivity contribution is 0.0730. The molecule has 1 N–H and O–H groups in total. The van der Waals surface area contributed by atoms with Crippen LogP contribution in [0.3, 0.4) is 0 Å². The van der Waals surface area contributed by atoms with Crippen molar-refractivity contribution in [1.29, 1.82) is 0 Å². The van der Waals surface area contributed by atoms with Crippen LogP contribution in [0.2, 0.25) is 5.02 Å². The number of rotatable bonds is 5. The number of anilines is 1. The lowest BCUT2D eigenvalue weighted by Crippen LogP contribution is -2.40. The molecule has 1 aromatic heterocycles. The highest BCUT2D eigenvalue weighted by atomic mass is 35.5. The largest absolute Gasteiger partial charge is 0.379 e. The first-order valence-electron chi connectivity index (χ1n) is 10.4. The summed E-state index contributed by atoms with van der Waals surface area (Å²) in [5.41, 5.74) is 5.29. The Morgan fingerprint density at radius 3 is 2.45 bits per heavy atom. The van der Waals surface area contributed by atoms with Gasteiger partial charge < -0.3 is 4.74 Å². The molecule has 33 heavy (non-hydrogen) atoms. The quantitative estimate of drug-likeness (QED) is 0.544. The van der Waals surface area contributed by atoms with Gasteiger partial charge in [0.1, 0.15) is 0 Å². The molecule has 7 nitrogen and oxygen atoms in total. The Balaban J connectivity index is 1.58. The first-order valence-corrected chi connectivity index (χ1v) is 13.1. The van der Waals surface area contributed by atoms with E-state index in [9.17, 15) is 13.2 Å². The number of hydrogen-bond acceptors (Lipinski definition) is 6. The zero-order chi connectivity index (χ0) is 23.8. The Morgan fingerprint density at radius 1 is 1.12 bits per heavy atom. The normalized spacial score (nSPS) is 14.9. The van der Waals surface area contributed by atoms with E-state index in [1.165, 1.54) is 39.4 Å². The van der Waals surface area contributed by atoms with E-state index in [0.717, 1.165) is 22.4 Å².